The van der Waals surface area contributed by atoms with Gasteiger partial charge >= 0.3 is 5.97 Å². The minimum Gasteiger partial charge on any atom is -0.492 e. The lowest BCUT2D eigenvalue weighted by Gasteiger charge is -2.40. The van der Waals surface area contributed by atoms with E-state index in [1.165, 1.54) is 12.1 Å². The fraction of sp³-hybridized carbons (Fsp3) is 0.469. The summed E-state index contributed by atoms with van der Waals surface area (Å²) in [5.74, 6) is -0.689. The number of ether oxygens (including phenoxy) is 2. The number of hydrogen-bond acceptors (Lipinski definition) is 6. The van der Waals surface area contributed by atoms with Crippen LogP contribution in [0.3, 0.4) is 0 Å². The number of pyridine rings is 2. The first-order valence-electron chi connectivity index (χ1n) is 13.8. The molecule has 0 saturated carbocycles. The molecule has 1 aromatic carbocycles. The van der Waals surface area contributed by atoms with Gasteiger partial charge in [-0.15, -0.1) is 0 Å². The van der Waals surface area contributed by atoms with Gasteiger partial charge in [-0.2, -0.15) is 0 Å². The number of carboxylic acid groups (broad SMARTS) is 1. The lowest BCUT2D eigenvalue weighted by molar-refractivity contribution is -0.160. The van der Waals surface area contributed by atoms with Crippen LogP contribution in [0.1, 0.15) is 70.4 Å². The molecule has 1 atom stereocenters. The molecule has 4 rings (SSSR count). The molecule has 3 heterocycles. The molecular formula is C32H40FN3O4. The highest BCUT2D eigenvalue weighted by atomic mass is 19.1. The van der Waals surface area contributed by atoms with Crippen LogP contribution >= 0.6 is 0 Å². The molecule has 3 aromatic rings. The molecule has 1 N–H and O–H groups in total. The molecule has 214 valence electrons. The standard InChI is InChI=1S/C32H40FN3O4/c1-21-27(29(30(37)38)40-31(2,3)4)28(36-16-14-32(5,6)15-17-36)25(20-34-21)26-12-11-24(19-35-26)39-18-13-22-7-9-23(33)10-8-22/h7-12,19-20,29H,13-18H2,1-6H3,(H,37,38). The van der Waals surface area contributed by atoms with Gasteiger partial charge in [0.2, 0.25) is 0 Å². The summed E-state index contributed by atoms with van der Waals surface area (Å²) in [7, 11) is 0. The average molecular weight is 550 g/mol. The van der Waals surface area contributed by atoms with Crippen molar-refractivity contribution in [1.82, 2.24) is 9.97 Å². The topological polar surface area (TPSA) is 84.8 Å². The fourth-order valence-electron chi connectivity index (χ4n) is 4.94. The van der Waals surface area contributed by atoms with Gasteiger partial charge in [-0.1, -0.05) is 26.0 Å². The van der Waals surface area contributed by atoms with E-state index in [0.717, 1.165) is 42.7 Å². The Hall–Kier alpha value is -3.52. The van der Waals surface area contributed by atoms with E-state index >= 15 is 0 Å². The van der Waals surface area contributed by atoms with Gasteiger partial charge in [-0.25, -0.2) is 9.18 Å². The Morgan fingerprint density at radius 3 is 2.33 bits per heavy atom. The number of carbonyl (C=O) groups is 1. The second-order valence-corrected chi connectivity index (χ2v) is 12.2. The maximum atomic E-state index is 13.2. The molecule has 1 aliphatic rings. The number of rotatable bonds is 9. The summed E-state index contributed by atoms with van der Waals surface area (Å²) in [6.07, 6.45) is 4.89. The molecule has 40 heavy (non-hydrogen) atoms. The Labute approximate surface area is 236 Å². The molecule has 8 heteroatoms. The molecule has 2 aromatic heterocycles. The fourth-order valence-corrected chi connectivity index (χ4v) is 4.94. The highest BCUT2D eigenvalue weighted by Crippen LogP contribution is 2.43. The van der Waals surface area contributed by atoms with Crippen LogP contribution in [0.2, 0.25) is 0 Å². The summed E-state index contributed by atoms with van der Waals surface area (Å²) < 4.78 is 25.1. The van der Waals surface area contributed by atoms with Crippen molar-refractivity contribution >= 4 is 11.7 Å². The Kier molecular flexibility index (Phi) is 8.78. The van der Waals surface area contributed by atoms with E-state index < -0.39 is 17.7 Å². The van der Waals surface area contributed by atoms with Crippen LogP contribution < -0.4 is 9.64 Å². The third kappa shape index (κ3) is 7.36. The molecule has 1 unspecified atom stereocenters. The zero-order valence-corrected chi connectivity index (χ0v) is 24.3. The smallest absolute Gasteiger partial charge is 0.337 e. The molecule has 1 fully saturated rings. The third-order valence-electron chi connectivity index (χ3n) is 7.26. The van der Waals surface area contributed by atoms with E-state index in [2.05, 4.69) is 23.7 Å². The average Bonchev–Trinajstić information content (AvgIpc) is 2.88. The summed E-state index contributed by atoms with van der Waals surface area (Å²) in [6, 6.07) is 10.1. The van der Waals surface area contributed by atoms with Gasteiger partial charge in [0, 0.05) is 42.5 Å². The van der Waals surface area contributed by atoms with Crippen molar-refractivity contribution in [2.45, 2.75) is 72.5 Å². The summed E-state index contributed by atoms with van der Waals surface area (Å²) in [5.41, 5.74) is 4.00. The van der Waals surface area contributed by atoms with Crippen LogP contribution in [0.5, 0.6) is 5.75 Å². The van der Waals surface area contributed by atoms with Crippen molar-refractivity contribution in [3.63, 3.8) is 0 Å². The number of halogens is 1. The Morgan fingerprint density at radius 2 is 1.75 bits per heavy atom. The van der Waals surface area contributed by atoms with Gasteiger partial charge in [-0.3, -0.25) is 9.97 Å². The zero-order valence-electron chi connectivity index (χ0n) is 24.3. The molecule has 0 bridgehead atoms. The van der Waals surface area contributed by atoms with E-state index in [1.54, 1.807) is 24.5 Å². The number of aromatic nitrogens is 2. The highest BCUT2D eigenvalue weighted by molar-refractivity contribution is 5.85. The van der Waals surface area contributed by atoms with Gasteiger partial charge in [0.25, 0.3) is 0 Å². The zero-order chi connectivity index (χ0) is 29.1. The quantitative estimate of drug-likeness (QED) is 0.315. The number of hydrogen-bond donors (Lipinski definition) is 1. The molecule has 1 aliphatic heterocycles. The molecule has 0 radical (unpaired) electrons. The van der Waals surface area contributed by atoms with Crippen molar-refractivity contribution in [3.05, 3.63) is 71.4 Å². The monoisotopic (exact) mass is 549 g/mol. The van der Waals surface area contributed by atoms with Crippen LogP contribution in [-0.4, -0.2) is 46.3 Å². The number of nitrogens with zero attached hydrogens (tertiary/aromatic N) is 3. The third-order valence-corrected chi connectivity index (χ3v) is 7.26. The van der Waals surface area contributed by atoms with E-state index in [4.69, 9.17) is 14.5 Å². The first kappa shape index (κ1) is 29.5. The predicted molar refractivity (Wildman–Crippen MR) is 154 cm³/mol. The maximum absolute atomic E-state index is 13.2. The Morgan fingerprint density at radius 1 is 1.07 bits per heavy atom. The van der Waals surface area contributed by atoms with Gasteiger partial charge < -0.3 is 19.5 Å². The minimum atomic E-state index is -1.17. The van der Waals surface area contributed by atoms with Crippen molar-refractivity contribution in [2.75, 3.05) is 24.6 Å². The molecule has 1 saturated heterocycles. The van der Waals surface area contributed by atoms with Crippen molar-refractivity contribution in [3.8, 4) is 17.0 Å². The van der Waals surface area contributed by atoms with Crippen molar-refractivity contribution < 1.29 is 23.8 Å². The summed E-state index contributed by atoms with van der Waals surface area (Å²) in [5, 5.41) is 10.3. The molecule has 0 aliphatic carbocycles. The second-order valence-electron chi connectivity index (χ2n) is 12.2. The summed E-state index contributed by atoms with van der Waals surface area (Å²) in [6.45, 7) is 14.0. The normalized spacial score (nSPS) is 16.0. The van der Waals surface area contributed by atoms with Crippen LogP contribution in [-0.2, 0) is 16.0 Å². The van der Waals surface area contributed by atoms with E-state index in [9.17, 15) is 14.3 Å². The summed E-state index contributed by atoms with van der Waals surface area (Å²) >= 11 is 0. The number of anilines is 1. The van der Waals surface area contributed by atoms with Crippen LogP contribution in [0.15, 0.2) is 48.8 Å². The van der Waals surface area contributed by atoms with E-state index in [0.29, 0.717) is 35.7 Å². The van der Waals surface area contributed by atoms with Gasteiger partial charge in [-0.05, 0) is 75.8 Å². The molecule has 0 amide bonds. The highest BCUT2D eigenvalue weighted by Gasteiger charge is 2.36. The van der Waals surface area contributed by atoms with Gasteiger partial charge in [0.05, 0.1) is 29.8 Å². The van der Waals surface area contributed by atoms with Crippen molar-refractivity contribution in [2.24, 2.45) is 5.41 Å². The number of aryl methyl sites for hydroxylation is 1. The van der Waals surface area contributed by atoms with Crippen molar-refractivity contribution in [1.29, 1.82) is 0 Å². The Balaban J connectivity index is 1.67. The lowest BCUT2D eigenvalue weighted by Crippen LogP contribution is -2.39. The van der Waals surface area contributed by atoms with Crippen LogP contribution in [0.25, 0.3) is 11.3 Å². The molecule has 7 nitrogen and oxygen atoms in total. The first-order valence-corrected chi connectivity index (χ1v) is 13.8. The molecular weight excluding hydrogens is 509 g/mol. The maximum Gasteiger partial charge on any atom is 0.337 e. The van der Waals surface area contributed by atoms with Gasteiger partial charge in [0.15, 0.2) is 6.10 Å². The minimum absolute atomic E-state index is 0.220. The Bertz CT molecular complexity index is 1310. The predicted octanol–water partition coefficient (Wildman–Crippen LogP) is 6.78. The lowest BCUT2D eigenvalue weighted by atomic mass is 9.82. The van der Waals surface area contributed by atoms with Gasteiger partial charge in [0.1, 0.15) is 11.6 Å². The number of aliphatic carboxylic acids is 1. The summed E-state index contributed by atoms with van der Waals surface area (Å²) in [4.78, 5) is 24.1. The largest absolute Gasteiger partial charge is 0.492 e. The SMILES string of the molecule is Cc1ncc(-c2ccc(OCCc3ccc(F)cc3)cn2)c(N2CCC(C)(C)CC2)c1C(OC(C)(C)C)C(=O)O. The number of carboxylic acids is 1. The molecule has 0 spiro atoms. The second kappa shape index (κ2) is 11.9. The van der Waals surface area contributed by atoms with E-state index in [-0.39, 0.29) is 11.2 Å². The van der Waals surface area contributed by atoms with E-state index in [1.807, 2.05) is 39.8 Å². The first-order chi connectivity index (χ1) is 18.8. The van der Waals surface area contributed by atoms with Crippen LogP contribution in [0, 0.1) is 18.2 Å². The number of benzene rings is 1. The number of piperidine rings is 1. The van der Waals surface area contributed by atoms with Crippen LogP contribution in [0.4, 0.5) is 10.1 Å².